The molecular weight excluding hydrogens is 390 g/mol. The largest absolute Gasteiger partial charge is 0.497 e. The van der Waals surface area contributed by atoms with Crippen LogP contribution >= 0.6 is 0 Å². The van der Waals surface area contributed by atoms with Crippen molar-refractivity contribution in [1.29, 1.82) is 0 Å². The summed E-state index contributed by atoms with van der Waals surface area (Å²) in [4.78, 5) is 26.3. The van der Waals surface area contributed by atoms with Crippen LogP contribution in [0.1, 0.15) is 0 Å². The highest BCUT2D eigenvalue weighted by Crippen LogP contribution is 2.36. The molecule has 0 bridgehead atoms. The van der Waals surface area contributed by atoms with Gasteiger partial charge in [-0.15, -0.1) is 0 Å². The fourth-order valence-corrected chi connectivity index (χ4v) is 3.23. The van der Waals surface area contributed by atoms with Crippen molar-refractivity contribution >= 4 is 17.6 Å². The molecule has 0 aromatic heterocycles. The van der Waals surface area contributed by atoms with Crippen LogP contribution in [0.3, 0.4) is 0 Å². The quantitative estimate of drug-likeness (QED) is 0.669. The van der Waals surface area contributed by atoms with Gasteiger partial charge in [0.15, 0.2) is 0 Å². The van der Waals surface area contributed by atoms with Gasteiger partial charge < -0.3 is 28.6 Å². The Morgan fingerprint density at radius 3 is 2.37 bits per heavy atom. The normalized spacial score (nSPS) is 13.7. The molecule has 0 aliphatic carbocycles. The average Bonchev–Trinajstić information content (AvgIpc) is 2.82. The number of benzene rings is 2. The standard InChI is InChI=1S/C22H23NO7/c1-26-16-8-9-17(19(11-16)27-2)14-6-5-7-15(10-14)23-13-30-12-18(21(24)28-3)20(23)22(25)29-4/h5-11H,12-13H2,1-4H3. The molecule has 0 atom stereocenters. The highest BCUT2D eigenvalue weighted by Gasteiger charge is 2.32. The van der Waals surface area contributed by atoms with Gasteiger partial charge in [0.05, 0.1) is 40.6 Å². The molecular formula is C22H23NO7. The summed E-state index contributed by atoms with van der Waals surface area (Å²) in [5.74, 6) is 0.0226. The minimum absolute atomic E-state index is 0.0421. The Hall–Kier alpha value is -3.52. The Balaban J connectivity index is 2.09. The van der Waals surface area contributed by atoms with Gasteiger partial charge in [0, 0.05) is 17.3 Å². The number of hydrogen-bond donors (Lipinski definition) is 0. The van der Waals surface area contributed by atoms with Gasteiger partial charge in [0.1, 0.15) is 23.9 Å². The monoisotopic (exact) mass is 413 g/mol. The van der Waals surface area contributed by atoms with E-state index < -0.39 is 11.9 Å². The fourth-order valence-electron chi connectivity index (χ4n) is 3.23. The molecule has 0 fully saturated rings. The third kappa shape index (κ3) is 4.08. The van der Waals surface area contributed by atoms with Crippen LogP contribution < -0.4 is 14.4 Å². The van der Waals surface area contributed by atoms with Crippen molar-refractivity contribution in [2.75, 3.05) is 46.7 Å². The summed E-state index contributed by atoms with van der Waals surface area (Å²) < 4.78 is 26.0. The second-order valence-electron chi connectivity index (χ2n) is 6.33. The third-order valence-electron chi connectivity index (χ3n) is 4.71. The van der Waals surface area contributed by atoms with Crippen molar-refractivity contribution in [1.82, 2.24) is 0 Å². The molecule has 1 aliphatic heterocycles. The molecule has 0 saturated heterocycles. The lowest BCUT2D eigenvalue weighted by Crippen LogP contribution is -2.38. The minimum atomic E-state index is -0.647. The molecule has 158 valence electrons. The molecule has 0 amide bonds. The van der Waals surface area contributed by atoms with Crippen LogP contribution in [0.25, 0.3) is 11.1 Å². The number of nitrogens with zero attached hydrogens (tertiary/aromatic N) is 1. The molecule has 1 heterocycles. The first-order valence-corrected chi connectivity index (χ1v) is 9.11. The summed E-state index contributed by atoms with van der Waals surface area (Å²) in [5.41, 5.74) is 2.53. The zero-order chi connectivity index (χ0) is 21.7. The van der Waals surface area contributed by atoms with Gasteiger partial charge in [-0.3, -0.25) is 0 Å². The maximum Gasteiger partial charge on any atom is 0.355 e. The van der Waals surface area contributed by atoms with E-state index in [1.807, 2.05) is 36.4 Å². The zero-order valence-electron chi connectivity index (χ0n) is 17.3. The smallest absolute Gasteiger partial charge is 0.355 e. The van der Waals surface area contributed by atoms with E-state index in [1.54, 1.807) is 25.2 Å². The molecule has 0 N–H and O–H groups in total. The molecule has 0 radical (unpaired) electrons. The van der Waals surface area contributed by atoms with Crippen molar-refractivity contribution < 1.29 is 33.3 Å². The van der Waals surface area contributed by atoms with E-state index in [4.69, 9.17) is 23.7 Å². The molecule has 2 aromatic carbocycles. The molecule has 1 aliphatic rings. The summed E-state index contributed by atoms with van der Waals surface area (Å²) in [6.45, 7) is 0.0354. The molecule has 2 aromatic rings. The first-order valence-electron chi connectivity index (χ1n) is 9.11. The predicted octanol–water partition coefficient (Wildman–Crippen LogP) is 2.77. The molecule has 8 nitrogen and oxygen atoms in total. The minimum Gasteiger partial charge on any atom is -0.497 e. The Morgan fingerprint density at radius 2 is 1.70 bits per heavy atom. The lowest BCUT2D eigenvalue weighted by molar-refractivity contribution is -0.140. The molecule has 3 rings (SSSR count). The van der Waals surface area contributed by atoms with Crippen molar-refractivity contribution in [3.63, 3.8) is 0 Å². The van der Waals surface area contributed by atoms with E-state index >= 15 is 0 Å². The van der Waals surface area contributed by atoms with Gasteiger partial charge >= 0.3 is 11.9 Å². The van der Waals surface area contributed by atoms with E-state index in [1.165, 1.54) is 14.2 Å². The first kappa shape index (κ1) is 21.2. The Morgan fingerprint density at radius 1 is 0.933 bits per heavy atom. The SMILES string of the molecule is COC(=O)C1=C(C(=O)OC)N(c2cccc(-c3ccc(OC)cc3OC)c2)COC1. The van der Waals surface area contributed by atoms with Crippen LogP contribution in [0.2, 0.25) is 0 Å². The van der Waals surface area contributed by atoms with Crippen molar-refractivity contribution in [2.45, 2.75) is 0 Å². The van der Waals surface area contributed by atoms with Crippen LogP contribution in [0, 0.1) is 0 Å². The molecule has 0 saturated carbocycles. The summed E-state index contributed by atoms with van der Waals surface area (Å²) >= 11 is 0. The van der Waals surface area contributed by atoms with Gasteiger partial charge in [-0.2, -0.15) is 0 Å². The third-order valence-corrected chi connectivity index (χ3v) is 4.71. The highest BCUT2D eigenvalue weighted by atomic mass is 16.5. The molecule has 0 unspecified atom stereocenters. The number of ether oxygens (including phenoxy) is 5. The Bertz CT molecular complexity index is 983. The number of anilines is 1. The van der Waals surface area contributed by atoms with Crippen LogP contribution in [0.5, 0.6) is 11.5 Å². The predicted molar refractivity (Wildman–Crippen MR) is 109 cm³/mol. The first-order chi connectivity index (χ1) is 14.5. The van der Waals surface area contributed by atoms with Crippen molar-refractivity contribution in [2.24, 2.45) is 0 Å². The summed E-state index contributed by atoms with van der Waals surface area (Å²) in [7, 11) is 5.68. The topological polar surface area (TPSA) is 83.5 Å². The zero-order valence-corrected chi connectivity index (χ0v) is 17.3. The van der Waals surface area contributed by atoms with E-state index in [0.29, 0.717) is 17.2 Å². The van der Waals surface area contributed by atoms with E-state index in [-0.39, 0.29) is 24.6 Å². The van der Waals surface area contributed by atoms with E-state index in [2.05, 4.69) is 0 Å². The number of esters is 2. The highest BCUT2D eigenvalue weighted by molar-refractivity contribution is 6.03. The maximum absolute atomic E-state index is 12.5. The number of carbonyl (C=O) groups excluding carboxylic acids is 2. The second-order valence-corrected chi connectivity index (χ2v) is 6.33. The van der Waals surface area contributed by atoms with Gasteiger partial charge in [0.2, 0.25) is 0 Å². The summed E-state index contributed by atoms with van der Waals surface area (Å²) in [6.07, 6.45) is 0. The maximum atomic E-state index is 12.5. The van der Waals surface area contributed by atoms with Crippen LogP contribution in [-0.4, -0.2) is 53.7 Å². The second kappa shape index (κ2) is 9.32. The van der Waals surface area contributed by atoms with Crippen molar-refractivity contribution in [3.05, 3.63) is 53.7 Å². The van der Waals surface area contributed by atoms with E-state index in [0.717, 1.165) is 11.1 Å². The lowest BCUT2D eigenvalue weighted by Gasteiger charge is -2.31. The lowest BCUT2D eigenvalue weighted by atomic mass is 10.0. The average molecular weight is 413 g/mol. The van der Waals surface area contributed by atoms with Gasteiger partial charge in [-0.1, -0.05) is 12.1 Å². The van der Waals surface area contributed by atoms with Crippen LogP contribution in [0.15, 0.2) is 53.7 Å². The summed E-state index contributed by atoms with van der Waals surface area (Å²) in [6, 6.07) is 13.0. The van der Waals surface area contributed by atoms with Gasteiger partial charge in [-0.05, 0) is 29.8 Å². The number of carbonyl (C=O) groups is 2. The number of methoxy groups -OCH3 is 4. The Kier molecular flexibility index (Phi) is 6.58. The Labute approximate surface area is 174 Å². The van der Waals surface area contributed by atoms with Crippen LogP contribution in [-0.2, 0) is 23.8 Å². The summed E-state index contributed by atoms with van der Waals surface area (Å²) in [5, 5.41) is 0. The molecule has 30 heavy (non-hydrogen) atoms. The van der Waals surface area contributed by atoms with Gasteiger partial charge in [0.25, 0.3) is 0 Å². The molecule has 8 heteroatoms. The fraction of sp³-hybridized carbons (Fsp3) is 0.273. The van der Waals surface area contributed by atoms with Gasteiger partial charge in [-0.25, -0.2) is 9.59 Å². The van der Waals surface area contributed by atoms with Crippen molar-refractivity contribution in [3.8, 4) is 22.6 Å². The van der Waals surface area contributed by atoms with Crippen LogP contribution in [0.4, 0.5) is 5.69 Å². The molecule has 0 spiro atoms. The van der Waals surface area contributed by atoms with E-state index in [9.17, 15) is 9.59 Å². The number of rotatable bonds is 6. The number of hydrogen-bond acceptors (Lipinski definition) is 8.